The van der Waals surface area contributed by atoms with Gasteiger partial charge in [-0.05, 0) is 12.1 Å². The molecule has 1 fully saturated rings. The van der Waals surface area contributed by atoms with Gasteiger partial charge in [0.1, 0.15) is 0 Å². The van der Waals surface area contributed by atoms with Crippen molar-refractivity contribution < 1.29 is 9.59 Å². The van der Waals surface area contributed by atoms with Gasteiger partial charge in [0.25, 0.3) is 5.91 Å². The summed E-state index contributed by atoms with van der Waals surface area (Å²) in [5, 5.41) is 0. The van der Waals surface area contributed by atoms with Crippen molar-refractivity contribution in [1.82, 2.24) is 9.80 Å². The summed E-state index contributed by atoms with van der Waals surface area (Å²) in [4.78, 5) is 27.9. The fourth-order valence-electron chi connectivity index (χ4n) is 2.36. The maximum atomic E-state index is 12.4. The van der Waals surface area contributed by atoms with E-state index in [1.54, 1.807) is 17.0 Å². The second kappa shape index (κ2) is 5.94. The Morgan fingerprint density at radius 3 is 2.15 bits per heavy atom. The van der Waals surface area contributed by atoms with E-state index < -0.39 is 0 Å². The highest BCUT2D eigenvalue weighted by atomic mass is 16.2. The number of carbonyl (C=O) groups excluding carboxylic acids is 2. The molecule has 0 atom stereocenters. The monoisotopic (exact) mass is 275 g/mol. The zero-order valence-corrected chi connectivity index (χ0v) is 12.0. The summed E-state index contributed by atoms with van der Waals surface area (Å²) in [5.41, 5.74) is 6.87. The Kier molecular flexibility index (Phi) is 4.27. The second-order valence-corrected chi connectivity index (χ2v) is 5.36. The van der Waals surface area contributed by atoms with Crippen molar-refractivity contribution in [3.63, 3.8) is 0 Å². The van der Waals surface area contributed by atoms with Gasteiger partial charge in [-0.1, -0.05) is 26.0 Å². The van der Waals surface area contributed by atoms with Crippen LogP contribution in [0.25, 0.3) is 0 Å². The molecule has 2 amide bonds. The van der Waals surface area contributed by atoms with Crippen LogP contribution in [0, 0.1) is 5.92 Å². The Balaban J connectivity index is 1.99. The Labute approximate surface area is 119 Å². The smallest absolute Gasteiger partial charge is 0.256 e. The fraction of sp³-hybridized carbons (Fsp3) is 0.467. The van der Waals surface area contributed by atoms with E-state index in [4.69, 9.17) is 5.73 Å². The molecular weight excluding hydrogens is 254 g/mol. The Hall–Kier alpha value is -2.04. The first-order valence-electron chi connectivity index (χ1n) is 6.93. The molecule has 108 valence electrons. The van der Waals surface area contributed by atoms with Gasteiger partial charge in [-0.2, -0.15) is 0 Å². The van der Waals surface area contributed by atoms with E-state index in [9.17, 15) is 9.59 Å². The molecule has 1 aromatic carbocycles. The van der Waals surface area contributed by atoms with Crippen LogP contribution in [0.5, 0.6) is 0 Å². The van der Waals surface area contributed by atoms with Crippen LogP contribution < -0.4 is 5.73 Å². The molecule has 0 spiro atoms. The van der Waals surface area contributed by atoms with E-state index >= 15 is 0 Å². The van der Waals surface area contributed by atoms with Crippen molar-refractivity contribution in [2.45, 2.75) is 13.8 Å². The number of piperazine rings is 1. The number of nitrogen functional groups attached to an aromatic ring is 1. The molecule has 0 bridgehead atoms. The first-order chi connectivity index (χ1) is 9.50. The molecule has 1 aromatic rings. The fourth-order valence-corrected chi connectivity index (χ4v) is 2.36. The normalized spacial score (nSPS) is 15.6. The molecule has 0 aliphatic carbocycles. The lowest BCUT2D eigenvalue weighted by Crippen LogP contribution is -2.51. The minimum Gasteiger partial charge on any atom is -0.398 e. The number of amides is 2. The third-order valence-electron chi connectivity index (χ3n) is 3.56. The Morgan fingerprint density at radius 2 is 1.60 bits per heavy atom. The zero-order valence-electron chi connectivity index (χ0n) is 12.0. The van der Waals surface area contributed by atoms with Gasteiger partial charge in [-0.3, -0.25) is 9.59 Å². The quantitative estimate of drug-likeness (QED) is 0.825. The molecular formula is C15H21N3O2. The van der Waals surface area contributed by atoms with E-state index in [0.717, 1.165) is 0 Å². The van der Waals surface area contributed by atoms with E-state index in [-0.39, 0.29) is 17.7 Å². The average Bonchev–Trinajstić information content (AvgIpc) is 2.46. The lowest BCUT2D eigenvalue weighted by atomic mass is 10.1. The number of para-hydroxylation sites is 1. The van der Waals surface area contributed by atoms with Crippen molar-refractivity contribution in [2.75, 3.05) is 31.9 Å². The van der Waals surface area contributed by atoms with E-state index in [1.165, 1.54) is 0 Å². The summed E-state index contributed by atoms with van der Waals surface area (Å²) in [6, 6.07) is 7.09. The molecule has 0 aromatic heterocycles. The lowest BCUT2D eigenvalue weighted by Gasteiger charge is -2.35. The van der Waals surface area contributed by atoms with Gasteiger partial charge in [0, 0.05) is 37.8 Å². The predicted molar refractivity (Wildman–Crippen MR) is 78.2 cm³/mol. The first kappa shape index (κ1) is 14.4. The number of nitrogens with two attached hydrogens (primary N) is 1. The van der Waals surface area contributed by atoms with Crippen LogP contribution in [0.3, 0.4) is 0 Å². The van der Waals surface area contributed by atoms with E-state index in [1.807, 2.05) is 30.9 Å². The van der Waals surface area contributed by atoms with E-state index in [2.05, 4.69) is 0 Å². The Morgan fingerprint density at radius 1 is 1.05 bits per heavy atom. The number of rotatable bonds is 2. The largest absolute Gasteiger partial charge is 0.398 e. The molecule has 1 heterocycles. The third kappa shape index (κ3) is 2.92. The van der Waals surface area contributed by atoms with Crippen LogP contribution in [0.1, 0.15) is 24.2 Å². The molecule has 2 N–H and O–H groups in total. The molecule has 0 saturated carbocycles. The molecule has 1 aliphatic rings. The lowest BCUT2D eigenvalue weighted by molar-refractivity contribution is -0.135. The highest BCUT2D eigenvalue weighted by molar-refractivity contribution is 5.99. The van der Waals surface area contributed by atoms with Gasteiger partial charge >= 0.3 is 0 Å². The number of carbonyl (C=O) groups is 2. The molecule has 5 heteroatoms. The van der Waals surface area contributed by atoms with Gasteiger partial charge in [-0.15, -0.1) is 0 Å². The first-order valence-corrected chi connectivity index (χ1v) is 6.93. The van der Waals surface area contributed by atoms with Crippen LogP contribution in [-0.4, -0.2) is 47.8 Å². The van der Waals surface area contributed by atoms with Crippen molar-refractivity contribution in [3.05, 3.63) is 29.8 Å². The molecule has 0 unspecified atom stereocenters. The van der Waals surface area contributed by atoms with Gasteiger partial charge in [0.2, 0.25) is 5.91 Å². The van der Waals surface area contributed by atoms with Crippen molar-refractivity contribution >= 4 is 17.5 Å². The summed E-state index contributed by atoms with van der Waals surface area (Å²) in [6.45, 7) is 6.09. The number of anilines is 1. The summed E-state index contributed by atoms with van der Waals surface area (Å²) >= 11 is 0. The van der Waals surface area contributed by atoms with Crippen molar-refractivity contribution in [2.24, 2.45) is 5.92 Å². The van der Waals surface area contributed by atoms with Crippen LogP contribution in [0.4, 0.5) is 5.69 Å². The third-order valence-corrected chi connectivity index (χ3v) is 3.56. The summed E-state index contributed by atoms with van der Waals surface area (Å²) < 4.78 is 0. The summed E-state index contributed by atoms with van der Waals surface area (Å²) in [5.74, 6) is 0.0955. The molecule has 0 radical (unpaired) electrons. The van der Waals surface area contributed by atoms with Crippen LogP contribution in [0.15, 0.2) is 24.3 Å². The topological polar surface area (TPSA) is 66.6 Å². The van der Waals surface area contributed by atoms with Gasteiger partial charge < -0.3 is 15.5 Å². The van der Waals surface area contributed by atoms with Crippen molar-refractivity contribution in [3.8, 4) is 0 Å². The maximum absolute atomic E-state index is 12.4. The second-order valence-electron chi connectivity index (χ2n) is 5.36. The van der Waals surface area contributed by atoms with Crippen LogP contribution >= 0.6 is 0 Å². The highest BCUT2D eigenvalue weighted by Crippen LogP contribution is 2.15. The van der Waals surface area contributed by atoms with Gasteiger partial charge in [-0.25, -0.2) is 0 Å². The average molecular weight is 275 g/mol. The summed E-state index contributed by atoms with van der Waals surface area (Å²) in [7, 11) is 0. The standard InChI is InChI=1S/C15H21N3O2/c1-11(2)14(19)17-7-9-18(10-8-17)15(20)12-5-3-4-6-13(12)16/h3-6,11H,7-10,16H2,1-2H3. The highest BCUT2D eigenvalue weighted by Gasteiger charge is 2.26. The number of nitrogens with zero attached hydrogens (tertiary/aromatic N) is 2. The summed E-state index contributed by atoms with van der Waals surface area (Å²) in [6.07, 6.45) is 0. The van der Waals surface area contributed by atoms with Crippen LogP contribution in [0.2, 0.25) is 0 Å². The van der Waals surface area contributed by atoms with E-state index in [0.29, 0.717) is 37.4 Å². The van der Waals surface area contributed by atoms with Gasteiger partial charge in [0.05, 0.1) is 5.56 Å². The molecule has 1 aliphatic heterocycles. The molecule has 2 rings (SSSR count). The number of hydrogen-bond donors (Lipinski definition) is 1. The van der Waals surface area contributed by atoms with Crippen molar-refractivity contribution in [1.29, 1.82) is 0 Å². The maximum Gasteiger partial charge on any atom is 0.256 e. The zero-order chi connectivity index (χ0) is 14.7. The number of benzene rings is 1. The number of hydrogen-bond acceptors (Lipinski definition) is 3. The van der Waals surface area contributed by atoms with Gasteiger partial charge in [0.15, 0.2) is 0 Å². The molecule has 5 nitrogen and oxygen atoms in total. The minimum atomic E-state index is -0.0558. The predicted octanol–water partition coefficient (Wildman–Crippen LogP) is 1.21. The van der Waals surface area contributed by atoms with Crippen LogP contribution in [-0.2, 0) is 4.79 Å². The Bertz CT molecular complexity index is 506. The minimum absolute atomic E-state index is 0.00187. The molecule has 1 saturated heterocycles. The SMILES string of the molecule is CC(C)C(=O)N1CCN(C(=O)c2ccccc2N)CC1. The molecule has 20 heavy (non-hydrogen) atoms.